The number of rotatable bonds is 1. The molecule has 4 heterocycles. The number of aromatic nitrogens is 2. The van der Waals surface area contributed by atoms with Crippen LogP contribution >= 0.6 is 0 Å². The van der Waals surface area contributed by atoms with E-state index in [4.69, 9.17) is 14.6 Å². The second-order valence-electron chi connectivity index (χ2n) is 7.85. The minimum atomic E-state index is -5.08. The predicted molar refractivity (Wildman–Crippen MR) is 99.8 cm³/mol. The van der Waals surface area contributed by atoms with E-state index in [1.165, 1.54) is 0 Å². The number of fused-ring (bicyclic) bond motifs is 2. The molecule has 2 fully saturated rings. The van der Waals surface area contributed by atoms with Crippen LogP contribution in [-0.4, -0.2) is 80.7 Å². The fraction of sp³-hybridized carbons (Fsp3) is 0.684. The number of carbonyl (C=O) groups excluding carboxylic acids is 2. The van der Waals surface area contributed by atoms with Crippen molar-refractivity contribution in [1.29, 1.82) is 0 Å². The van der Waals surface area contributed by atoms with Gasteiger partial charge in [-0.05, 0) is 12.8 Å². The summed E-state index contributed by atoms with van der Waals surface area (Å²) in [6.07, 6.45) is 1.71. The number of ether oxygens (including phenoxy) is 1. The zero-order valence-electron chi connectivity index (χ0n) is 17.1. The van der Waals surface area contributed by atoms with Gasteiger partial charge in [0.2, 0.25) is 5.91 Å². The van der Waals surface area contributed by atoms with Gasteiger partial charge in [-0.2, -0.15) is 13.2 Å². The Labute approximate surface area is 176 Å². The number of alkyl halides is 3. The van der Waals surface area contributed by atoms with Crippen LogP contribution in [0.4, 0.5) is 13.2 Å². The Morgan fingerprint density at radius 2 is 1.71 bits per heavy atom. The Morgan fingerprint density at radius 3 is 2.23 bits per heavy atom. The van der Waals surface area contributed by atoms with Crippen molar-refractivity contribution in [3.05, 3.63) is 18.2 Å². The maximum atomic E-state index is 12.8. The van der Waals surface area contributed by atoms with Crippen LogP contribution in [0.25, 0.3) is 0 Å². The highest BCUT2D eigenvalue weighted by atomic mass is 19.4. The number of piperidine rings is 1. The number of aliphatic carboxylic acids is 1. The number of hydrogen-bond acceptors (Lipinski definition) is 5. The molecule has 4 rings (SSSR count). The van der Waals surface area contributed by atoms with Crippen LogP contribution < -0.4 is 0 Å². The molecule has 0 aliphatic carbocycles. The SMILES string of the molecule is CC(=O)N1CCC2(CC1)OC(C(=O)N1CCCC1)Cn1ccnc12.O=C(O)C(F)(F)F. The van der Waals surface area contributed by atoms with Crippen molar-refractivity contribution in [1.82, 2.24) is 19.4 Å². The van der Waals surface area contributed by atoms with Gasteiger partial charge in [0.25, 0.3) is 5.91 Å². The molecule has 0 aromatic carbocycles. The van der Waals surface area contributed by atoms with Crippen molar-refractivity contribution < 1.29 is 37.4 Å². The van der Waals surface area contributed by atoms with Crippen molar-refractivity contribution in [3.8, 4) is 0 Å². The highest BCUT2D eigenvalue weighted by Gasteiger charge is 2.48. The molecule has 0 saturated carbocycles. The van der Waals surface area contributed by atoms with Crippen LogP contribution in [0.15, 0.2) is 12.4 Å². The summed E-state index contributed by atoms with van der Waals surface area (Å²) < 4.78 is 40.2. The molecule has 3 aliphatic rings. The van der Waals surface area contributed by atoms with E-state index in [9.17, 15) is 22.8 Å². The summed E-state index contributed by atoms with van der Waals surface area (Å²) in [6.45, 7) is 5.09. The molecule has 1 unspecified atom stereocenters. The summed E-state index contributed by atoms with van der Waals surface area (Å²) in [7, 11) is 0. The zero-order valence-corrected chi connectivity index (χ0v) is 17.1. The van der Waals surface area contributed by atoms with E-state index < -0.39 is 23.9 Å². The molecule has 1 N–H and O–H groups in total. The van der Waals surface area contributed by atoms with Gasteiger partial charge in [0.1, 0.15) is 11.4 Å². The second kappa shape index (κ2) is 8.85. The van der Waals surface area contributed by atoms with Crippen LogP contribution in [0.1, 0.15) is 38.4 Å². The fourth-order valence-corrected chi connectivity index (χ4v) is 4.19. The maximum Gasteiger partial charge on any atom is 0.490 e. The number of imidazole rings is 1. The second-order valence-corrected chi connectivity index (χ2v) is 7.85. The van der Waals surface area contributed by atoms with Crippen molar-refractivity contribution in [3.63, 3.8) is 0 Å². The first kappa shape index (κ1) is 23.0. The Hall–Kier alpha value is -2.63. The average Bonchev–Trinajstić information content (AvgIpc) is 3.40. The summed E-state index contributed by atoms with van der Waals surface area (Å²) >= 11 is 0. The minimum Gasteiger partial charge on any atom is -0.475 e. The number of halogens is 3. The molecule has 0 radical (unpaired) electrons. The molecule has 2 amide bonds. The van der Waals surface area contributed by atoms with Crippen LogP contribution in [0.3, 0.4) is 0 Å². The lowest BCUT2D eigenvalue weighted by Gasteiger charge is -2.45. The molecule has 9 nitrogen and oxygen atoms in total. The van der Waals surface area contributed by atoms with Gasteiger partial charge < -0.3 is 24.2 Å². The maximum absolute atomic E-state index is 12.8. The Morgan fingerprint density at radius 1 is 1.13 bits per heavy atom. The number of carbonyl (C=O) groups is 3. The van der Waals surface area contributed by atoms with Crippen molar-refractivity contribution in [2.45, 2.75) is 57.0 Å². The van der Waals surface area contributed by atoms with Crippen LogP contribution in [-0.2, 0) is 31.3 Å². The molecular weight excluding hydrogens is 421 g/mol. The van der Waals surface area contributed by atoms with E-state index >= 15 is 0 Å². The van der Waals surface area contributed by atoms with E-state index in [2.05, 4.69) is 9.55 Å². The number of amides is 2. The molecule has 0 bridgehead atoms. The van der Waals surface area contributed by atoms with Gasteiger partial charge in [-0.3, -0.25) is 9.59 Å². The van der Waals surface area contributed by atoms with Gasteiger partial charge in [-0.25, -0.2) is 9.78 Å². The van der Waals surface area contributed by atoms with Crippen LogP contribution in [0, 0.1) is 0 Å². The monoisotopic (exact) mass is 446 g/mol. The van der Waals surface area contributed by atoms with Gasteiger partial charge in [0.15, 0.2) is 6.10 Å². The van der Waals surface area contributed by atoms with Gasteiger partial charge in [0, 0.05) is 58.3 Å². The fourth-order valence-electron chi connectivity index (χ4n) is 4.19. The predicted octanol–water partition coefficient (Wildman–Crippen LogP) is 1.38. The summed E-state index contributed by atoms with van der Waals surface area (Å²) in [4.78, 5) is 41.6. The van der Waals surface area contributed by atoms with Crippen molar-refractivity contribution in [2.24, 2.45) is 0 Å². The molecule has 2 saturated heterocycles. The number of likely N-dealkylation sites (tertiary alicyclic amines) is 2. The third-order valence-electron chi connectivity index (χ3n) is 5.81. The number of carboxylic acid groups (broad SMARTS) is 1. The zero-order chi connectivity index (χ0) is 22.8. The first-order chi connectivity index (χ1) is 14.5. The number of nitrogens with zero attached hydrogens (tertiary/aromatic N) is 4. The molecule has 31 heavy (non-hydrogen) atoms. The molecule has 12 heteroatoms. The molecular formula is C19H25F3N4O5. The molecule has 3 aliphatic heterocycles. The molecule has 1 spiro atoms. The highest BCUT2D eigenvalue weighted by Crippen LogP contribution is 2.40. The Balaban J connectivity index is 0.000000339. The van der Waals surface area contributed by atoms with E-state index in [0.717, 1.165) is 31.8 Å². The average molecular weight is 446 g/mol. The van der Waals surface area contributed by atoms with Crippen LogP contribution in [0.5, 0.6) is 0 Å². The standard InChI is InChI=1S/C17H24N4O3.C2HF3O2/c1-13(22)19-9-4-17(5-10-19)16-18-6-11-21(16)12-14(24-17)15(23)20-7-2-3-8-20;3-2(4,5)1(6)7/h6,11,14H,2-5,7-10,12H2,1H3;(H,6,7). The van der Waals surface area contributed by atoms with E-state index in [1.54, 1.807) is 13.1 Å². The number of carboxylic acids is 1. The lowest BCUT2D eigenvalue weighted by Crippen LogP contribution is -2.54. The molecule has 1 aromatic heterocycles. The smallest absolute Gasteiger partial charge is 0.475 e. The van der Waals surface area contributed by atoms with Crippen molar-refractivity contribution in [2.75, 3.05) is 26.2 Å². The lowest BCUT2D eigenvalue weighted by atomic mass is 9.88. The van der Waals surface area contributed by atoms with Crippen molar-refractivity contribution >= 4 is 17.8 Å². The Kier molecular flexibility index (Phi) is 6.58. The summed E-state index contributed by atoms with van der Waals surface area (Å²) in [5.74, 6) is -1.67. The number of hydrogen-bond donors (Lipinski definition) is 1. The lowest BCUT2D eigenvalue weighted by molar-refractivity contribution is -0.192. The first-order valence-electron chi connectivity index (χ1n) is 10.1. The summed E-state index contributed by atoms with van der Waals surface area (Å²) in [6, 6.07) is 0. The largest absolute Gasteiger partial charge is 0.490 e. The van der Waals surface area contributed by atoms with Gasteiger partial charge in [-0.1, -0.05) is 0 Å². The highest BCUT2D eigenvalue weighted by molar-refractivity contribution is 5.81. The van der Waals surface area contributed by atoms with Gasteiger partial charge in [-0.15, -0.1) is 0 Å². The van der Waals surface area contributed by atoms with E-state index in [0.29, 0.717) is 32.5 Å². The van der Waals surface area contributed by atoms with Gasteiger partial charge in [0.05, 0.1) is 6.54 Å². The third-order valence-corrected chi connectivity index (χ3v) is 5.81. The molecule has 1 atom stereocenters. The summed E-state index contributed by atoms with van der Waals surface area (Å²) in [5.41, 5.74) is -0.548. The Bertz CT molecular complexity index is 827. The van der Waals surface area contributed by atoms with E-state index in [-0.39, 0.29) is 11.8 Å². The molecule has 172 valence electrons. The summed E-state index contributed by atoms with van der Waals surface area (Å²) in [5, 5.41) is 7.12. The van der Waals surface area contributed by atoms with Crippen LogP contribution in [0.2, 0.25) is 0 Å². The topological polar surface area (TPSA) is 105 Å². The molecule has 1 aromatic rings. The minimum absolute atomic E-state index is 0.0914. The normalized spacial score (nSPS) is 22.5. The quantitative estimate of drug-likeness (QED) is 0.699. The van der Waals surface area contributed by atoms with Gasteiger partial charge >= 0.3 is 12.1 Å². The first-order valence-corrected chi connectivity index (χ1v) is 10.1. The van der Waals surface area contributed by atoms with E-state index in [1.807, 2.05) is 16.0 Å². The third kappa shape index (κ3) is 5.00.